The minimum Gasteiger partial charge on any atom is -0.493 e. The normalized spacial score (nSPS) is 10.3. The van der Waals surface area contributed by atoms with E-state index in [1.807, 2.05) is 48.5 Å². The van der Waals surface area contributed by atoms with Crippen LogP contribution in [-0.2, 0) is 12.8 Å². The second kappa shape index (κ2) is 13.7. The van der Waals surface area contributed by atoms with Crippen molar-refractivity contribution in [3.63, 3.8) is 0 Å². The summed E-state index contributed by atoms with van der Waals surface area (Å²) in [4.78, 5) is 25.5. The van der Waals surface area contributed by atoms with E-state index in [0.717, 1.165) is 18.4 Å². The number of ether oxygens (including phenoxy) is 1. The molecule has 6 nitrogen and oxygen atoms in total. The first kappa shape index (κ1) is 26.6. The van der Waals surface area contributed by atoms with Gasteiger partial charge >= 0.3 is 0 Å². The van der Waals surface area contributed by atoms with Crippen LogP contribution in [0.25, 0.3) is 0 Å². The molecule has 0 radical (unpaired) electrons. The molecule has 0 saturated heterocycles. The zero-order valence-corrected chi connectivity index (χ0v) is 21.7. The Morgan fingerprint density at radius 1 is 0.684 bits per heavy atom. The lowest BCUT2D eigenvalue weighted by molar-refractivity contribution is 0.0953. The molecule has 38 heavy (non-hydrogen) atoms. The Balaban J connectivity index is 1.26. The smallest absolute Gasteiger partial charge is 0.257 e. The fraction of sp³-hybridized carbons (Fsp3) is 0.129. The van der Waals surface area contributed by atoms with Crippen LogP contribution < -0.4 is 20.7 Å². The highest BCUT2D eigenvalue weighted by Crippen LogP contribution is 2.16. The molecule has 7 heteroatoms. The molecule has 2 amide bonds. The zero-order valence-electron chi connectivity index (χ0n) is 20.9. The van der Waals surface area contributed by atoms with Gasteiger partial charge in [0, 0.05) is 18.5 Å². The summed E-state index contributed by atoms with van der Waals surface area (Å²) in [7, 11) is 0. The molecule has 0 heterocycles. The number of hydrogen-bond acceptors (Lipinski definition) is 4. The van der Waals surface area contributed by atoms with E-state index in [1.54, 1.807) is 48.5 Å². The van der Waals surface area contributed by atoms with Crippen LogP contribution in [0.2, 0.25) is 0 Å². The molecular weight excluding hydrogens is 494 g/mol. The molecule has 0 atom stereocenters. The van der Waals surface area contributed by atoms with Gasteiger partial charge in [-0.25, -0.2) is 0 Å². The second-order valence-electron chi connectivity index (χ2n) is 8.55. The van der Waals surface area contributed by atoms with Crippen molar-refractivity contribution < 1.29 is 14.3 Å². The molecule has 0 saturated carbocycles. The first-order valence-electron chi connectivity index (χ1n) is 12.4. The Kier molecular flexibility index (Phi) is 9.59. The van der Waals surface area contributed by atoms with Crippen molar-refractivity contribution in [2.45, 2.75) is 12.8 Å². The maximum atomic E-state index is 12.8. The summed E-state index contributed by atoms with van der Waals surface area (Å²) in [5.74, 6) is 0.106. The van der Waals surface area contributed by atoms with Crippen LogP contribution in [-0.4, -0.2) is 30.1 Å². The number of para-hydroxylation sites is 1. The molecule has 4 aromatic rings. The maximum absolute atomic E-state index is 12.8. The lowest BCUT2D eigenvalue weighted by Crippen LogP contribution is -2.35. The van der Waals surface area contributed by atoms with Gasteiger partial charge in [0.1, 0.15) is 5.75 Å². The zero-order chi connectivity index (χ0) is 26.6. The molecule has 0 aliphatic rings. The third kappa shape index (κ3) is 8.01. The molecule has 0 spiro atoms. The van der Waals surface area contributed by atoms with Crippen LogP contribution in [0.15, 0.2) is 109 Å². The van der Waals surface area contributed by atoms with E-state index in [1.165, 1.54) is 5.56 Å². The number of benzene rings is 4. The van der Waals surface area contributed by atoms with E-state index in [0.29, 0.717) is 35.7 Å². The molecule has 0 unspecified atom stereocenters. The summed E-state index contributed by atoms with van der Waals surface area (Å²) in [6.45, 7) is 1.05. The van der Waals surface area contributed by atoms with Crippen molar-refractivity contribution in [2.24, 2.45) is 0 Å². The average Bonchev–Trinajstić information content (AvgIpc) is 2.95. The molecule has 0 aliphatic carbocycles. The highest BCUT2D eigenvalue weighted by atomic mass is 32.1. The Morgan fingerprint density at radius 2 is 1.29 bits per heavy atom. The molecule has 0 fully saturated rings. The maximum Gasteiger partial charge on any atom is 0.257 e. The first-order valence-corrected chi connectivity index (χ1v) is 12.8. The molecule has 0 aromatic heterocycles. The predicted octanol–water partition coefficient (Wildman–Crippen LogP) is 5.41. The Hall–Kier alpha value is -4.49. The second-order valence-corrected chi connectivity index (χ2v) is 8.96. The van der Waals surface area contributed by atoms with Crippen molar-refractivity contribution in [1.29, 1.82) is 0 Å². The number of hydrogen-bond donors (Lipinski definition) is 3. The molecule has 4 rings (SSSR count). The van der Waals surface area contributed by atoms with Crippen LogP contribution >= 0.6 is 12.2 Å². The van der Waals surface area contributed by atoms with Gasteiger partial charge in [0.25, 0.3) is 11.8 Å². The lowest BCUT2D eigenvalue weighted by atomic mass is 10.1. The monoisotopic (exact) mass is 523 g/mol. The first-order chi connectivity index (χ1) is 18.6. The summed E-state index contributed by atoms with van der Waals surface area (Å²) in [5, 5.41) is 8.67. The quantitative estimate of drug-likeness (QED) is 0.242. The topological polar surface area (TPSA) is 79.5 Å². The largest absolute Gasteiger partial charge is 0.493 e. The summed E-state index contributed by atoms with van der Waals surface area (Å²) in [5.41, 5.74) is 3.74. The fourth-order valence-corrected chi connectivity index (χ4v) is 4.02. The third-order valence-corrected chi connectivity index (χ3v) is 6.01. The molecule has 0 aliphatic heterocycles. The predicted molar refractivity (Wildman–Crippen MR) is 155 cm³/mol. The van der Waals surface area contributed by atoms with Gasteiger partial charge in [0.15, 0.2) is 5.11 Å². The van der Waals surface area contributed by atoms with Gasteiger partial charge in [-0.15, -0.1) is 0 Å². The van der Waals surface area contributed by atoms with Gasteiger partial charge in [-0.05, 0) is 66.2 Å². The number of nitrogens with one attached hydrogen (secondary N) is 3. The van der Waals surface area contributed by atoms with Gasteiger partial charge in [-0.3, -0.25) is 14.9 Å². The highest BCUT2D eigenvalue weighted by Gasteiger charge is 2.13. The van der Waals surface area contributed by atoms with Gasteiger partial charge in [-0.1, -0.05) is 72.8 Å². The standard InChI is InChI=1S/C31H29N3O3S/c35-29(25-15-17-26(18-16-25)37-22-20-24-11-5-2-6-12-24)34-31(38)33-28-14-8-7-13-27(28)30(36)32-21-19-23-9-3-1-4-10-23/h1-18H,19-22H2,(H,32,36)(H2,33,34,35,38). The Bertz CT molecular complexity index is 1360. The van der Waals surface area contributed by atoms with Gasteiger partial charge in [-0.2, -0.15) is 0 Å². The molecule has 4 aromatic carbocycles. The molecular formula is C31H29N3O3S. The number of amides is 2. The molecule has 192 valence electrons. The fourth-order valence-electron chi connectivity index (χ4n) is 3.81. The van der Waals surface area contributed by atoms with E-state index in [2.05, 4.69) is 28.1 Å². The van der Waals surface area contributed by atoms with Gasteiger partial charge < -0.3 is 15.4 Å². The van der Waals surface area contributed by atoms with Gasteiger partial charge in [0.2, 0.25) is 0 Å². The number of rotatable bonds is 10. The van der Waals surface area contributed by atoms with E-state index in [9.17, 15) is 9.59 Å². The lowest BCUT2D eigenvalue weighted by Gasteiger charge is -2.14. The van der Waals surface area contributed by atoms with Crippen LogP contribution in [0.4, 0.5) is 5.69 Å². The summed E-state index contributed by atoms with van der Waals surface area (Å²) >= 11 is 5.34. The average molecular weight is 524 g/mol. The van der Waals surface area contributed by atoms with Crippen LogP contribution in [0, 0.1) is 0 Å². The van der Waals surface area contributed by atoms with Crippen molar-refractivity contribution in [1.82, 2.24) is 10.6 Å². The van der Waals surface area contributed by atoms with E-state index in [-0.39, 0.29) is 16.9 Å². The number of carbonyl (C=O) groups excluding carboxylic acids is 2. The third-order valence-electron chi connectivity index (χ3n) is 5.81. The minimum absolute atomic E-state index is 0.0997. The minimum atomic E-state index is -0.358. The summed E-state index contributed by atoms with van der Waals surface area (Å²) in [6.07, 6.45) is 1.53. The van der Waals surface area contributed by atoms with Crippen molar-refractivity contribution in [3.05, 3.63) is 131 Å². The van der Waals surface area contributed by atoms with Crippen molar-refractivity contribution in [2.75, 3.05) is 18.5 Å². The van der Waals surface area contributed by atoms with Gasteiger partial charge in [0.05, 0.1) is 17.9 Å². The SMILES string of the molecule is O=C(NC(=S)Nc1ccccc1C(=O)NCCc1ccccc1)c1ccc(OCCc2ccccc2)cc1. The van der Waals surface area contributed by atoms with Crippen molar-refractivity contribution in [3.8, 4) is 5.75 Å². The summed E-state index contributed by atoms with van der Waals surface area (Å²) in [6, 6.07) is 34.0. The van der Waals surface area contributed by atoms with E-state index < -0.39 is 0 Å². The van der Waals surface area contributed by atoms with Crippen molar-refractivity contribution >= 4 is 34.8 Å². The van der Waals surface area contributed by atoms with Crippen LogP contribution in [0.3, 0.4) is 0 Å². The van der Waals surface area contributed by atoms with E-state index >= 15 is 0 Å². The number of anilines is 1. The van der Waals surface area contributed by atoms with E-state index in [4.69, 9.17) is 17.0 Å². The highest BCUT2D eigenvalue weighted by molar-refractivity contribution is 7.80. The Labute approximate surface area is 228 Å². The van der Waals surface area contributed by atoms with Crippen LogP contribution in [0.5, 0.6) is 5.75 Å². The Morgan fingerprint density at radius 3 is 1.97 bits per heavy atom. The van der Waals surface area contributed by atoms with Crippen LogP contribution in [0.1, 0.15) is 31.8 Å². The molecule has 0 bridgehead atoms. The number of thiocarbonyl (C=S) groups is 1. The molecule has 3 N–H and O–H groups in total. The summed E-state index contributed by atoms with van der Waals surface area (Å²) < 4.78 is 5.79. The number of carbonyl (C=O) groups is 2.